The zero-order chi connectivity index (χ0) is 19.6. The summed E-state index contributed by atoms with van der Waals surface area (Å²) >= 11 is 0. The highest BCUT2D eigenvalue weighted by Gasteiger charge is 2.46. The molecule has 2 aliphatic carbocycles. The van der Waals surface area contributed by atoms with Crippen molar-refractivity contribution in [2.75, 3.05) is 0 Å². The van der Waals surface area contributed by atoms with Crippen LogP contribution in [0.4, 0.5) is 0 Å². The summed E-state index contributed by atoms with van der Waals surface area (Å²) in [5.41, 5.74) is 7.92. The summed E-state index contributed by atoms with van der Waals surface area (Å²) in [6.07, 6.45) is 7.77. The van der Waals surface area contributed by atoms with Gasteiger partial charge in [-0.15, -0.1) is 0 Å². The Kier molecular flexibility index (Phi) is 4.25. The first kappa shape index (κ1) is 18.7. The minimum absolute atomic E-state index is 0.0666. The van der Waals surface area contributed by atoms with Crippen molar-refractivity contribution in [3.8, 4) is 0 Å². The van der Waals surface area contributed by atoms with Gasteiger partial charge in [0.2, 0.25) is 0 Å². The van der Waals surface area contributed by atoms with Gasteiger partial charge in [0, 0.05) is 11.7 Å². The number of rotatable bonds is 5. The third-order valence-electron chi connectivity index (χ3n) is 7.73. The second-order valence-electron chi connectivity index (χ2n) is 9.88. The van der Waals surface area contributed by atoms with E-state index in [-0.39, 0.29) is 5.54 Å². The minimum atomic E-state index is -0.0666. The molecule has 0 aromatic heterocycles. The zero-order valence-electron chi connectivity index (χ0n) is 17.9. The van der Waals surface area contributed by atoms with Crippen LogP contribution in [0.5, 0.6) is 0 Å². The lowest BCUT2D eigenvalue weighted by molar-refractivity contribution is 0.139. The second kappa shape index (κ2) is 6.15. The van der Waals surface area contributed by atoms with Crippen LogP contribution in [0.25, 0.3) is 0 Å². The Labute approximate surface area is 165 Å². The number of nitrogens with zero attached hydrogens (tertiary/aromatic N) is 1. The maximum absolute atomic E-state index is 4.34. The zero-order valence-corrected chi connectivity index (χ0v) is 17.9. The molecule has 0 unspecified atom stereocenters. The quantitative estimate of drug-likeness (QED) is 0.717. The Morgan fingerprint density at radius 2 is 1.81 bits per heavy atom. The topological polar surface area (TPSA) is 15.3 Å². The summed E-state index contributed by atoms with van der Waals surface area (Å²) in [4.78, 5) is 2.37. The molecule has 146 valence electrons. The van der Waals surface area contributed by atoms with Crippen molar-refractivity contribution < 1.29 is 0 Å². The lowest BCUT2D eigenvalue weighted by Gasteiger charge is -2.43. The molecule has 3 fully saturated rings. The SMILES string of the molecule is C=C1NC(C)(C)C(=C)N1[C@H]1C[C@H](Cc2ccc(C)c(C)c2C2(CC)CC2)C1. The van der Waals surface area contributed by atoms with Crippen LogP contribution < -0.4 is 5.32 Å². The number of benzene rings is 1. The summed E-state index contributed by atoms with van der Waals surface area (Å²) in [6, 6.07) is 5.34. The molecule has 2 nitrogen and oxygen atoms in total. The normalized spacial score (nSPS) is 28.1. The number of nitrogens with one attached hydrogen (secondary N) is 1. The van der Waals surface area contributed by atoms with Crippen LogP contribution in [-0.4, -0.2) is 16.5 Å². The molecule has 4 rings (SSSR count). The molecule has 1 N–H and O–H groups in total. The molecule has 1 aliphatic heterocycles. The molecule has 0 amide bonds. The van der Waals surface area contributed by atoms with Gasteiger partial charge in [0.1, 0.15) is 0 Å². The van der Waals surface area contributed by atoms with Gasteiger partial charge in [-0.3, -0.25) is 0 Å². The van der Waals surface area contributed by atoms with E-state index in [1.807, 2.05) is 0 Å². The van der Waals surface area contributed by atoms with Gasteiger partial charge in [-0.1, -0.05) is 32.2 Å². The number of aryl methyl sites for hydroxylation is 1. The van der Waals surface area contributed by atoms with Gasteiger partial charge in [0.05, 0.1) is 11.4 Å². The Balaban J connectivity index is 1.48. The van der Waals surface area contributed by atoms with Crippen molar-refractivity contribution >= 4 is 0 Å². The largest absolute Gasteiger partial charge is 0.362 e. The van der Waals surface area contributed by atoms with Crippen molar-refractivity contribution in [1.82, 2.24) is 10.2 Å². The molecule has 1 saturated heterocycles. The fourth-order valence-corrected chi connectivity index (χ4v) is 5.50. The van der Waals surface area contributed by atoms with E-state index in [0.717, 1.165) is 11.7 Å². The van der Waals surface area contributed by atoms with Gasteiger partial charge in [-0.2, -0.15) is 0 Å². The molecule has 0 atom stereocenters. The highest BCUT2D eigenvalue weighted by atomic mass is 15.4. The van der Waals surface area contributed by atoms with Crippen molar-refractivity contribution in [2.45, 2.75) is 90.1 Å². The lowest BCUT2D eigenvalue weighted by atomic mass is 9.73. The van der Waals surface area contributed by atoms with Crippen molar-refractivity contribution in [1.29, 1.82) is 0 Å². The monoisotopic (exact) mass is 364 g/mol. The molecule has 0 radical (unpaired) electrons. The van der Waals surface area contributed by atoms with E-state index in [2.05, 4.69) is 70.1 Å². The van der Waals surface area contributed by atoms with Crippen LogP contribution in [0.1, 0.15) is 75.1 Å². The van der Waals surface area contributed by atoms with E-state index in [1.165, 1.54) is 49.8 Å². The van der Waals surface area contributed by atoms with Crippen LogP contribution in [-0.2, 0) is 11.8 Å². The van der Waals surface area contributed by atoms with E-state index in [9.17, 15) is 0 Å². The second-order valence-corrected chi connectivity index (χ2v) is 9.88. The fourth-order valence-electron chi connectivity index (χ4n) is 5.50. The van der Waals surface area contributed by atoms with Crippen LogP contribution in [0.3, 0.4) is 0 Å². The lowest BCUT2D eigenvalue weighted by Crippen LogP contribution is -2.43. The van der Waals surface area contributed by atoms with Crippen molar-refractivity contribution in [3.63, 3.8) is 0 Å². The molecule has 0 spiro atoms. The first-order valence-corrected chi connectivity index (χ1v) is 10.7. The Hall–Kier alpha value is -1.70. The highest BCUT2D eigenvalue weighted by molar-refractivity contribution is 5.48. The Morgan fingerprint density at radius 3 is 2.33 bits per heavy atom. The molecular formula is C25H36N2. The first-order valence-electron chi connectivity index (χ1n) is 10.7. The predicted molar refractivity (Wildman–Crippen MR) is 115 cm³/mol. The molecule has 1 heterocycles. The summed E-state index contributed by atoms with van der Waals surface area (Å²) in [7, 11) is 0. The van der Waals surface area contributed by atoms with Crippen LogP contribution in [0.15, 0.2) is 36.8 Å². The number of hydrogen-bond donors (Lipinski definition) is 1. The van der Waals surface area contributed by atoms with E-state index in [0.29, 0.717) is 11.5 Å². The van der Waals surface area contributed by atoms with Gasteiger partial charge in [0.25, 0.3) is 0 Å². The van der Waals surface area contributed by atoms with Gasteiger partial charge in [-0.05, 0) is 99.8 Å². The van der Waals surface area contributed by atoms with Crippen LogP contribution in [0.2, 0.25) is 0 Å². The fraction of sp³-hybridized carbons (Fsp3) is 0.600. The standard InChI is InChI=1S/C25H36N2/c1-8-25(11-12-25)23-17(3)16(2)9-10-21(23)13-20-14-22(15-20)27-18(4)24(6,7)26-19(27)5/h9-10,20,22,26H,4-5,8,11-15H2,1-3,6-7H3/t20-,22-. The van der Waals surface area contributed by atoms with E-state index < -0.39 is 0 Å². The molecule has 2 saturated carbocycles. The minimum Gasteiger partial charge on any atom is -0.362 e. The molecule has 1 aromatic carbocycles. The average Bonchev–Trinajstić information content (AvgIpc) is 3.32. The number of hydrogen-bond acceptors (Lipinski definition) is 2. The summed E-state index contributed by atoms with van der Waals surface area (Å²) in [5, 5.41) is 3.50. The maximum atomic E-state index is 4.34. The average molecular weight is 365 g/mol. The highest BCUT2D eigenvalue weighted by Crippen LogP contribution is 2.54. The molecule has 27 heavy (non-hydrogen) atoms. The van der Waals surface area contributed by atoms with Crippen molar-refractivity contribution in [2.24, 2.45) is 5.92 Å². The molecule has 3 aliphatic rings. The van der Waals surface area contributed by atoms with E-state index in [1.54, 1.807) is 16.7 Å². The van der Waals surface area contributed by atoms with Crippen LogP contribution in [0, 0.1) is 19.8 Å². The van der Waals surface area contributed by atoms with E-state index >= 15 is 0 Å². The first-order chi connectivity index (χ1) is 12.7. The van der Waals surface area contributed by atoms with E-state index in [4.69, 9.17) is 0 Å². The summed E-state index contributed by atoms with van der Waals surface area (Å²) < 4.78 is 0. The third kappa shape index (κ3) is 2.92. The maximum Gasteiger partial charge on any atom is 0.0991 e. The molecule has 2 heteroatoms. The summed E-state index contributed by atoms with van der Waals surface area (Å²) in [5.74, 6) is 1.82. The van der Waals surface area contributed by atoms with Crippen LogP contribution >= 0.6 is 0 Å². The van der Waals surface area contributed by atoms with Crippen molar-refractivity contribution in [3.05, 3.63) is 59.1 Å². The van der Waals surface area contributed by atoms with Gasteiger partial charge >= 0.3 is 0 Å². The Bertz CT molecular complexity index is 791. The molecule has 0 bridgehead atoms. The Morgan fingerprint density at radius 1 is 1.15 bits per heavy atom. The third-order valence-corrected chi connectivity index (χ3v) is 7.73. The van der Waals surface area contributed by atoms with Gasteiger partial charge in [-0.25, -0.2) is 0 Å². The predicted octanol–water partition coefficient (Wildman–Crippen LogP) is 5.73. The van der Waals surface area contributed by atoms with Gasteiger partial charge < -0.3 is 10.2 Å². The summed E-state index contributed by atoms with van der Waals surface area (Å²) in [6.45, 7) is 19.9. The molecule has 1 aromatic rings. The smallest absolute Gasteiger partial charge is 0.0991 e. The molecular weight excluding hydrogens is 328 g/mol. The van der Waals surface area contributed by atoms with Gasteiger partial charge in [0.15, 0.2) is 0 Å².